The first-order valence-corrected chi connectivity index (χ1v) is 8.11. The minimum atomic E-state index is -0.835. The molecule has 0 bridgehead atoms. The van der Waals surface area contributed by atoms with Crippen LogP contribution in [0.3, 0.4) is 0 Å². The summed E-state index contributed by atoms with van der Waals surface area (Å²) in [5.74, 6) is -0.358. The maximum Gasteiger partial charge on any atom is 0.143 e. The third-order valence-corrected chi connectivity index (χ3v) is 4.98. The SMILES string of the molecule is CC(C)(C(O)c1cccc(Br)c1F)N1CCCCCC1. The second-order valence-corrected chi connectivity index (χ2v) is 6.95. The topological polar surface area (TPSA) is 23.5 Å². The molecule has 1 fully saturated rings. The van der Waals surface area contributed by atoms with E-state index < -0.39 is 11.6 Å². The van der Waals surface area contributed by atoms with Crippen LogP contribution in [0.2, 0.25) is 0 Å². The second-order valence-electron chi connectivity index (χ2n) is 6.10. The largest absolute Gasteiger partial charge is 0.386 e. The number of hydrogen-bond donors (Lipinski definition) is 1. The molecule has 2 nitrogen and oxygen atoms in total. The van der Waals surface area contributed by atoms with Gasteiger partial charge in [-0.15, -0.1) is 0 Å². The van der Waals surface area contributed by atoms with Crippen LogP contribution in [0.4, 0.5) is 4.39 Å². The molecule has 1 N–H and O–H groups in total. The molecule has 112 valence electrons. The third kappa shape index (κ3) is 3.23. The first-order chi connectivity index (χ1) is 9.44. The Hall–Kier alpha value is -0.450. The summed E-state index contributed by atoms with van der Waals surface area (Å²) in [6, 6.07) is 5.10. The number of likely N-dealkylation sites (tertiary alicyclic amines) is 1. The number of halogens is 2. The van der Waals surface area contributed by atoms with Crippen molar-refractivity contribution >= 4 is 15.9 Å². The maximum atomic E-state index is 14.2. The molecule has 20 heavy (non-hydrogen) atoms. The lowest BCUT2D eigenvalue weighted by Gasteiger charge is -2.41. The summed E-state index contributed by atoms with van der Waals surface area (Å²) < 4.78 is 14.6. The van der Waals surface area contributed by atoms with Crippen molar-refractivity contribution in [1.82, 2.24) is 4.90 Å². The predicted octanol–water partition coefficient (Wildman–Crippen LogP) is 4.28. The van der Waals surface area contributed by atoms with E-state index in [0.29, 0.717) is 10.0 Å². The standard InChI is InChI=1S/C16H23BrFNO/c1-16(2,19-10-5-3-4-6-11-19)15(20)12-8-7-9-13(17)14(12)18/h7-9,15,20H,3-6,10-11H2,1-2H3. The quantitative estimate of drug-likeness (QED) is 0.885. The van der Waals surface area contributed by atoms with Gasteiger partial charge in [0.15, 0.2) is 0 Å². The Morgan fingerprint density at radius 2 is 1.80 bits per heavy atom. The summed E-state index contributed by atoms with van der Waals surface area (Å²) in [4.78, 5) is 2.30. The van der Waals surface area contributed by atoms with Crippen molar-refractivity contribution < 1.29 is 9.50 Å². The minimum Gasteiger partial charge on any atom is -0.386 e. The zero-order chi connectivity index (χ0) is 14.8. The molecule has 4 heteroatoms. The molecular weight excluding hydrogens is 321 g/mol. The molecule has 1 aromatic rings. The van der Waals surface area contributed by atoms with Crippen molar-refractivity contribution in [3.63, 3.8) is 0 Å². The van der Waals surface area contributed by atoms with Crippen molar-refractivity contribution in [3.05, 3.63) is 34.1 Å². The lowest BCUT2D eigenvalue weighted by atomic mass is 9.89. The number of aliphatic hydroxyl groups excluding tert-OH is 1. The van der Waals surface area contributed by atoms with Gasteiger partial charge >= 0.3 is 0 Å². The van der Waals surface area contributed by atoms with Crippen LogP contribution >= 0.6 is 15.9 Å². The zero-order valence-corrected chi connectivity index (χ0v) is 13.8. The van der Waals surface area contributed by atoms with E-state index in [4.69, 9.17) is 0 Å². The van der Waals surface area contributed by atoms with Crippen LogP contribution < -0.4 is 0 Å². The molecule has 0 saturated carbocycles. The molecule has 1 unspecified atom stereocenters. The van der Waals surface area contributed by atoms with Gasteiger partial charge in [-0.2, -0.15) is 0 Å². The van der Waals surface area contributed by atoms with Crippen molar-refractivity contribution in [3.8, 4) is 0 Å². The highest BCUT2D eigenvalue weighted by Crippen LogP contribution is 2.35. The Morgan fingerprint density at radius 1 is 1.20 bits per heavy atom. The first-order valence-electron chi connectivity index (χ1n) is 7.31. The van der Waals surface area contributed by atoms with Gasteiger partial charge in [-0.3, -0.25) is 4.90 Å². The zero-order valence-electron chi connectivity index (χ0n) is 12.2. The molecule has 1 aromatic carbocycles. The summed E-state index contributed by atoms with van der Waals surface area (Å²) in [6.45, 7) is 5.95. The van der Waals surface area contributed by atoms with E-state index in [1.54, 1.807) is 18.2 Å². The highest BCUT2D eigenvalue weighted by Gasteiger charge is 2.36. The van der Waals surface area contributed by atoms with Crippen LogP contribution in [0, 0.1) is 5.82 Å². The lowest BCUT2D eigenvalue weighted by Crippen LogP contribution is -2.49. The van der Waals surface area contributed by atoms with Gasteiger partial charge in [0.2, 0.25) is 0 Å². The highest BCUT2D eigenvalue weighted by molar-refractivity contribution is 9.10. The van der Waals surface area contributed by atoms with Gasteiger partial charge in [-0.25, -0.2) is 4.39 Å². The van der Waals surface area contributed by atoms with E-state index in [1.807, 2.05) is 13.8 Å². The Morgan fingerprint density at radius 3 is 2.40 bits per heavy atom. The fourth-order valence-corrected chi connectivity index (χ4v) is 3.31. The van der Waals surface area contributed by atoms with Crippen molar-refractivity contribution in [2.24, 2.45) is 0 Å². The smallest absolute Gasteiger partial charge is 0.143 e. The number of rotatable bonds is 3. The molecule has 1 heterocycles. The Kier molecular flexibility index (Phi) is 5.21. The summed E-state index contributed by atoms with van der Waals surface area (Å²) in [6.07, 6.45) is 3.95. The molecule has 1 aliphatic rings. The monoisotopic (exact) mass is 343 g/mol. The third-order valence-electron chi connectivity index (χ3n) is 4.37. The Balaban J connectivity index is 2.25. The molecule has 0 radical (unpaired) electrons. The van der Waals surface area contributed by atoms with E-state index in [1.165, 1.54) is 12.8 Å². The van der Waals surface area contributed by atoms with Crippen LogP contribution in [-0.4, -0.2) is 28.6 Å². The minimum absolute atomic E-state index is 0.358. The van der Waals surface area contributed by atoms with Gasteiger partial charge in [0.1, 0.15) is 5.82 Å². The van der Waals surface area contributed by atoms with Crippen molar-refractivity contribution in [1.29, 1.82) is 0 Å². The molecule has 1 saturated heterocycles. The molecule has 0 aliphatic carbocycles. The maximum absolute atomic E-state index is 14.2. The predicted molar refractivity (Wildman–Crippen MR) is 83.2 cm³/mol. The molecule has 1 aliphatic heterocycles. The van der Waals surface area contributed by atoms with Gasteiger partial charge in [0.05, 0.1) is 10.6 Å². The average Bonchev–Trinajstić information content (AvgIpc) is 2.70. The van der Waals surface area contributed by atoms with Crippen LogP contribution in [0.25, 0.3) is 0 Å². The van der Waals surface area contributed by atoms with Gasteiger partial charge in [-0.1, -0.05) is 25.0 Å². The molecule has 1 atom stereocenters. The van der Waals surface area contributed by atoms with Crippen molar-refractivity contribution in [2.45, 2.75) is 51.2 Å². The van der Waals surface area contributed by atoms with Crippen LogP contribution in [0.15, 0.2) is 22.7 Å². The van der Waals surface area contributed by atoms with Crippen LogP contribution in [-0.2, 0) is 0 Å². The molecule has 0 amide bonds. The fourth-order valence-electron chi connectivity index (χ4n) is 2.93. The first kappa shape index (κ1) is 15.9. The van der Waals surface area contributed by atoms with E-state index in [0.717, 1.165) is 25.9 Å². The summed E-state index contributed by atoms with van der Waals surface area (Å²) in [5, 5.41) is 10.7. The Labute approximate surface area is 129 Å². The van der Waals surface area contributed by atoms with E-state index >= 15 is 0 Å². The van der Waals surface area contributed by atoms with Gasteiger partial charge < -0.3 is 5.11 Å². The normalized spacial score (nSPS) is 19.6. The average molecular weight is 344 g/mol. The van der Waals surface area contributed by atoms with Gasteiger partial charge in [0, 0.05) is 11.1 Å². The van der Waals surface area contributed by atoms with E-state index in [9.17, 15) is 9.50 Å². The van der Waals surface area contributed by atoms with Crippen LogP contribution in [0.5, 0.6) is 0 Å². The van der Waals surface area contributed by atoms with E-state index in [2.05, 4.69) is 20.8 Å². The lowest BCUT2D eigenvalue weighted by molar-refractivity contribution is -0.0119. The van der Waals surface area contributed by atoms with Gasteiger partial charge in [0.25, 0.3) is 0 Å². The number of benzene rings is 1. The Bertz CT molecular complexity index is 456. The van der Waals surface area contributed by atoms with E-state index in [-0.39, 0.29) is 5.82 Å². The van der Waals surface area contributed by atoms with Crippen LogP contribution in [0.1, 0.15) is 51.2 Å². The second kappa shape index (κ2) is 6.54. The molecule has 2 rings (SSSR count). The summed E-state index contributed by atoms with van der Waals surface area (Å²) >= 11 is 3.19. The number of hydrogen-bond acceptors (Lipinski definition) is 2. The number of aliphatic hydroxyl groups is 1. The molecule has 0 spiro atoms. The molecule has 0 aromatic heterocycles. The molecular formula is C16H23BrFNO. The summed E-state index contributed by atoms with van der Waals surface area (Å²) in [5.41, 5.74) is -0.0972. The summed E-state index contributed by atoms with van der Waals surface area (Å²) in [7, 11) is 0. The highest BCUT2D eigenvalue weighted by atomic mass is 79.9. The van der Waals surface area contributed by atoms with Gasteiger partial charge in [-0.05, 0) is 61.8 Å². The fraction of sp³-hybridized carbons (Fsp3) is 0.625. The number of nitrogens with zero attached hydrogens (tertiary/aromatic N) is 1. The van der Waals surface area contributed by atoms with Crippen molar-refractivity contribution in [2.75, 3.05) is 13.1 Å².